The molecule has 0 aliphatic rings. The number of esters is 1. The molecule has 1 amide bonds. The van der Waals surface area contributed by atoms with E-state index < -0.39 is 11.9 Å². The Labute approximate surface area is 86.6 Å². The monoisotopic (exact) mass is 209 g/mol. The van der Waals surface area contributed by atoms with Crippen molar-refractivity contribution >= 4 is 17.7 Å². The molecular weight excluding hydrogens is 198 g/mol. The summed E-state index contributed by atoms with van der Waals surface area (Å²) in [5.41, 5.74) is 4.89. The highest BCUT2D eigenvalue weighted by molar-refractivity contribution is 5.80. The molecule has 6 nitrogen and oxygen atoms in total. The van der Waals surface area contributed by atoms with Crippen molar-refractivity contribution in [3.63, 3.8) is 0 Å². The zero-order chi connectivity index (χ0) is 11.1. The van der Waals surface area contributed by atoms with E-state index in [0.717, 1.165) is 0 Å². The second-order valence-electron chi connectivity index (χ2n) is 2.67. The van der Waals surface area contributed by atoms with Gasteiger partial charge in [0.05, 0.1) is 0 Å². The predicted octanol–water partition coefficient (Wildman–Crippen LogP) is 0.0878. The number of carbonyl (C=O) groups excluding carboxylic acids is 2. The Kier molecular flexibility index (Phi) is 4.08. The normalized spacial score (nSPS) is 9.13. The van der Waals surface area contributed by atoms with Crippen LogP contribution < -0.4 is 10.9 Å². The molecule has 0 unspecified atom stereocenters. The first kappa shape index (κ1) is 11.0. The van der Waals surface area contributed by atoms with E-state index in [4.69, 9.17) is 0 Å². The van der Waals surface area contributed by atoms with Crippen LogP contribution in [0.4, 0.5) is 5.82 Å². The average Bonchev–Trinajstić information content (AvgIpc) is 2.25. The highest BCUT2D eigenvalue weighted by Crippen LogP contribution is 1.96. The van der Waals surface area contributed by atoms with Crippen LogP contribution in [0, 0.1) is 0 Å². The van der Waals surface area contributed by atoms with Crippen LogP contribution in [0.25, 0.3) is 0 Å². The fraction of sp³-hybridized carbons (Fsp3) is 0.222. The first-order valence-corrected chi connectivity index (χ1v) is 4.28. The number of anilines is 1. The van der Waals surface area contributed by atoms with Crippen molar-refractivity contribution in [3.8, 4) is 0 Å². The van der Waals surface area contributed by atoms with Crippen molar-refractivity contribution in [1.82, 2.24) is 10.4 Å². The summed E-state index contributed by atoms with van der Waals surface area (Å²) in [6.07, 6.45) is 1.58. The molecule has 0 saturated carbocycles. The zero-order valence-electron chi connectivity index (χ0n) is 8.19. The van der Waals surface area contributed by atoms with Crippen LogP contribution in [0.1, 0.15) is 6.92 Å². The van der Waals surface area contributed by atoms with E-state index >= 15 is 0 Å². The Hall–Kier alpha value is -2.11. The minimum Gasteiger partial charge on any atom is -0.456 e. The zero-order valence-corrected chi connectivity index (χ0v) is 8.19. The van der Waals surface area contributed by atoms with E-state index in [1.165, 1.54) is 6.92 Å². The molecule has 6 heteroatoms. The van der Waals surface area contributed by atoms with Crippen LogP contribution >= 0.6 is 0 Å². The lowest BCUT2D eigenvalue weighted by Crippen LogP contribution is -2.33. The summed E-state index contributed by atoms with van der Waals surface area (Å²) in [4.78, 5) is 25.3. The van der Waals surface area contributed by atoms with Gasteiger partial charge in [-0.25, -0.2) is 4.98 Å². The molecular formula is C9H11N3O3. The van der Waals surface area contributed by atoms with Crippen molar-refractivity contribution in [1.29, 1.82) is 0 Å². The first-order valence-electron chi connectivity index (χ1n) is 4.28. The van der Waals surface area contributed by atoms with Gasteiger partial charge in [-0.2, -0.15) is 0 Å². The van der Waals surface area contributed by atoms with E-state index in [0.29, 0.717) is 5.82 Å². The van der Waals surface area contributed by atoms with Crippen molar-refractivity contribution in [2.24, 2.45) is 0 Å². The molecule has 0 fully saturated rings. The van der Waals surface area contributed by atoms with Gasteiger partial charge < -0.3 is 4.74 Å². The third-order valence-electron chi connectivity index (χ3n) is 1.40. The molecule has 80 valence electrons. The van der Waals surface area contributed by atoms with Gasteiger partial charge in [0.15, 0.2) is 6.61 Å². The highest BCUT2D eigenvalue weighted by Gasteiger charge is 2.02. The maximum absolute atomic E-state index is 11.0. The van der Waals surface area contributed by atoms with Gasteiger partial charge >= 0.3 is 5.97 Å². The molecule has 0 atom stereocenters. The Morgan fingerprint density at radius 1 is 1.47 bits per heavy atom. The second kappa shape index (κ2) is 5.58. The molecule has 0 spiro atoms. The third kappa shape index (κ3) is 4.61. The number of amides is 1. The molecule has 0 aromatic carbocycles. The van der Waals surface area contributed by atoms with Crippen molar-refractivity contribution < 1.29 is 14.3 Å². The average molecular weight is 209 g/mol. The van der Waals surface area contributed by atoms with Gasteiger partial charge in [0, 0.05) is 13.1 Å². The fourth-order valence-electron chi connectivity index (χ4n) is 0.774. The summed E-state index contributed by atoms with van der Waals surface area (Å²) >= 11 is 0. The SMILES string of the molecule is CC(=O)OCC(=O)NNc1ccccn1. The van der Waals surface area contributed by atoms with Crippen molar-refractivity contribution in [3.05, 3.63) is 24.4 Å². The number of pyridine rings is 1. The lowest BCUT2D eigenvalue weighted by atomic mass is 10.5. The van der Waals surface area contributed by atoms with Gasteiger partial charge in [0.2, 0.25) is 0 Å². The van der Waals surface area contributed by atoms with Crippen molar-refractivity contribution in [2.75, 3.05) is 12.0 Å². The largest absolute Gasteiger partial charge is 0.456 e. The highest BCUT2D eigenvalue weighted by atomic mass is 16.5. The predicted molar refractivity (Wildman–Crippen MR) is 52.6 cm³/mol. The first-order chi connectivity index (χ1) is 7.18. The number of ether oxygens (including phenoxy) is 1. The molecule has 0 aliphatic heterocycles. The molecule has 0 bridgehead atoms. The summed E-state index contributed by atoms with van der Waals surface area (Å²) in [5, 5.41) is 0. The number of nitrogens with zero attached hydrogens (tertiary/aromatic N) is 1. The van der Waals surface area contributed by atoms with Gasteiger partial charge in [-0.1, -0.05) is 6.07 Å². The minimum atomic E-state index is -0.497. The lowest BCUT2D eigenvalue weighted by molar-refractivity contribution is -0.146. The van der Waals surface area contributed by atoms with Gasteiger partial charge in [-0.15, -0.1) is 0 Å². The van der Waals surface area contributed by atoms with E-state index in [9.17, 15) is 9.59 Å². The summed E-state index contributed by atoms with van der Waals surface area (Å²) < 4.78 is 4.48. The third-order valence-corrected chi connectivity index (χ3v) is 1.40. The number of hydrazine groups is 1. The Bertz CT molecular complexity index is 340. The van der Waals surface area contributed by atoms with Crippen LogP contribution in [0.15, 0.2) is 24.4 Å². The lowest BCUT2D eigenvalue weighted by Gasteiger charge is -2.06. The van der Waals surface area contributed by atoms with Gasteiger partial charge in [-0.3, -0.25) is 20.4 Å². The van der Waals surface area contributed by atoms with Crippen molar-refractivity contribution in [2.45, 2.75) is 6.92 Å². The maximum Gasteiger partial charge on any atom is 0.303 e. The molecule has 15 heavy (non-hydrogen) atoms. The van der Waals surface area contributed by atoms with Crippen LogP contribution in [0.5, 0.6) is 0 Å². The number of rotatable bonds is 4. The number of nitrogens with one attached hydrogen (secondary N) is 2. The summed E-state index contributed by atoms with van der Waals surface area (Å²) in [7, 11) is 0. The summed E-state index contributed by atoms with van der Waals surface area (Å²) in [6, 6.07) is 5.21. The van der Waals surface area contributed by atoms with E-state index in [2.05, 4.69) is 20.6 Å². The van der Waals surface area contributed by atoms with E-state index in [-0.39, 0.29) is 6.61 Å². The Balaban J connectivity index is 2.26. The molecule has 0 radical (unpaired) electrons. The van der Waals surface area contributed by atoms with E-state index in [1.807, 2.05) is 0 Å². The van der Waals surface area contributed by atoms with Gasteiger partial charge in [-0.05, 0) is 12.1 Å². The molecule has 2 N–H and O–H groups in total. The minimum absolute atomic E-state index is 0.310. The molecule has 0 saturated heterocycles. The topological polar surface area (TPSA) is 80.3 Å². The number of aromatic nitrogens is 1. The van der Waals surface area contributed by atoms with Crippen LogP contribution in [-0.4, -0.2) is 23.5 Å². The van der Waals surface area contributed by atoms with Gasteiger partial charge in [0.1, 0.15) is 5.82 Å². The van der Waals surface area contributed by atoms with Crippen LogP contribution in [-0.2, 0) is 14.3 Å². The standard InChI is InChI=1S/C9H11N3O3/c1-7(13)15-6-9(14)12-11-8-4-2-3-5-10-8/h2-5H,6H2,1H3,(H,10,11)(H,12,14). The summed E-state index contributed by atoms with van der Waals surface area (Å²) in [6.45, 7) is 0.925. The summed E-state index contributed by atoms with van der Waals surface area (Å²) in [5.74, 6) is -0.437. The number of carbonyl (C=O) groups is 2. The molecule has 1 rings (SSSR count). The number of hydrogen-bond donors (Lipinski definition) is 2. The smallest absolute Gasteiger partial charge is 0.303 e. The molecule has 1 aromatic heterocycles. The quantitative estimate of drug-likeness (QED) is 0.542. The molecule has 1 aromatic rings. The Morgan fingerprint density at radius 2 is 2.27 bits per heavy atom. The fourth-order valence-corrected chi connectivity index (χ4v) is 0.774. The van der Waals surface area contributed by atoms with E-state index in [1.54, 1.807) is 24.4 Å². The number of hydrogen-bond acceptors (Lipinski definition) is 5. The van der Waals surface area contributed by atoms with Crippen LogP contribution in [0.3, 0.4) is 0 Å². The maximum atomic E-state index is 11.0. The second-order valence-corrected chi connectivity index (χ2v) is 2.67. The molecule has 0 aliphatic carbocycles. The Morgan fingerprint density at radius 3 is 2.87 bits per heavy atom. The molecule has 1 heterocycles. The van der Waals surface area contributed by atoms with Gasteiger partial charge in [0.25, 0.3) is 5.91 Å². The van der Waals surface area contributed by atoms with Crippen LogP contribution in [0.2, 0.25) is 0 Å².